The summed E-state index contributed by atoms with van der Waals surface area (Å²) in [6.45, 7) is 0.731. The first kappa shape index (κ1) is 14.3. The third kappa shape index (κ3) is 3.35. The minimum Gasteiger partial charge on any atom is -0.491 e. The molecule has 1 unspecified atom stereocenters. The van der Waals surface area contributed by atoms with Gasteiger partial charge in [0.2, 0.25) is 0 Å². The van der Waals surface area contributed by atoms with Gasteiger partial charge in [0.1, 0.15) is 12.4 Å². The van der Waals surface area contributed by atoms with Gasteiger partial charge in [-0.15, -0.1) is 0 Å². The predicted octanol–water partition coefficient (Wildman–Crippen LogP) is 3.78. The Bertz CT molecular complexity index is 573. The Hall–Kier alpha value is -1.61. The largest absolute Gasteiger partial charge is 0.491 e. The quantitative estimate of drug-likeness (QED) is 0.907. The van der Waals surface area contributed by atoms with Crippen molar-refractivity contribution in [2.24, 2.45) is 5.92 Å². The van der Waals surface area contributed by atoms with Crippen LogP contribution in [-0.2, 0) is 0 Å². The van der Waals surface area contributed by atoms with Gasteiger partial charge in [0.05, 0.1) is 5.52 Å². The van der Waals surface area contributed by atoms with Crippen molar-refractivity contribution >= 4 is 10.9 Å². The molecule has 3 nitrogen and oxygen atoms in total. The molecule has 0 aliphatic heterocycles. The van der Waals surface area contributed by atoms with Crippen molar-refractivity contribution in [1.29, 1.82) is 0 Å². The molecule has 1 aromatic heterocycles. The van der Waals surface area contributed by atoms with Gasteiger partial charge in [-0.1, -0.05) is 25.3 Å². The van der Waals surface area contributed by atoms with Gasteiger partial charge in [-0.3, -0.25) is 4.98 Å². The molecule has 1 fully saturated rings. The molecule has 1 aliphatic carbocycles. The summed E-state index contributed by atoms with van der Waals surface area (Å²) in [5.41, 5.74) is 0.994. The molecule has 112 valence electrons. The van der Waals surface area contributed by atoms with Crippen molar-refractivity contribution < 1.29 is 4.74 Å². The number of hydrogen-bond acceptors (Lipinski definition) is 3. The van der Waals surface area contributed by atoms with Crippen LogP contribution in [0.25, 0.3) is 10.9 Å². The van der Waals surface area contributed by atoms with Crippen LogP contribution in [0.3, 0.4) is 0 Å². The van der Waals surface area contributed by atoms with Crippen LogP contribution in [0.1, 0.15) is 32.1 Å². The lowest BCUT2D eigenvalue weighted by Crippen LogP contribution is -2.39. The number of aromatic nitrogens is 1. The van der Waals surface area contributed by atoms with Crippen LogP contribution in [0.2, 0.25) is 0 Å². The zero-order valence-electron chi connectivity index (χ0n) is 12.7. The van der Waals surface area contributed by atoms with Crippen LogP contribution in [0.15, 0.2) is 36.5 Å². The Morgan fingerprint density at radius 2 is 2.05 bits per heavy atom. The number of nitrogens with zero attached hydrogens (tertiary/aromatic N) is 1. The minimum atomic E-state index is 0.442. The molecular weight excluding hydrogens is 260 g/mol. The average molecular weight is 284 g/mol. The summed E-state index contributed by atoms with van der Waals surface area (Å²) >= 11 is 0. The fourth-order valence-electron chi connectivity index (χ4n) is 3.37. The number of fused-ring (bicyclic) bond motifs is 1. The number of likely N-dealkylation sites (N-methyl/N-ethyl adjacent to an activating group) is 1. The van der Waals surface area contributed by atoms with Crippen molar-refractivity contribution in [2.45, 2.75) is 38.1 Å². The maximum Gasteiger partial charge on any atom is 0.128 e. The number of pyridine rings is 1. The molecule has 1 heterocycles. The van der Waals surface area contributed by atoms with E-state index in [4.69, 9.17) is 4.74 Å². The van der Waals surface area contributed by atoms with Crippen LogP contribution in [0.5, 0.6) is 5.75 Å². The maximum absolute atomic E-state index is 6.12. The summed E-state index contributed by atoms with van der Waals surface area (Å²) in [6.07, 6.45) is 8.59. The normalized spacial score (nSPS) is 17.8. The molecule has 0 saturated heterocycles. The number of hydrogen-bond donors (Lipinski definition) is 1. The highest BCUT2D eigenvalue weighted by Crippen LogP contribution is 2.28. The van der Waals surface area contributed by atoms with Crippen molar-refractivity contribution in [1.82, 2.24) is 10.3 Å². The molecule has 3 rings (SSSR count). The molecule has 0 bridgehead atoms. The smallest absolute Gasteiger partial charge is 0.128 e. The highest BCUT2D eigenvalue weighted by atomic mass is 16.5. The standard InChI is InChI=1S/C18H24N2O/c1-19-17(14-7-3-2-4-8-14)13-21-18-11-5-10-16-15(18)9-6-12-20-16/h5-6,9-12,14,17,19H,2-4,7-8,13H2,1H3. The second kappa shape index (κ2) is 6.90. The molecular formula is C18H24N2O. The Morgan fingerprint density at radius 3 is 2.86 bits per heavy atom. The van der Waals surface area contributed by atoms with Gasteiger partial charge < -0.3 is 10.1 Å². The van der Waals surface area contributed by atoms with Gasteiger partial charge in [0, 0.05) is 17.6 Å². The third-order valence-electron chi connectivity index (χ3n) is 4.61. The van der Waals surface area contributed by atoms with Gasteiger partial charge in [-0.25, -0.2) is 0 Å². The average Bonchev–Trinajstić information content (AvgIpc) is 2.56. The van der Waals surface area contributed by atoms with Gasteiger partial charge >= 0.3 is 0 Å². The highest BCUT2D eigenvalue weighted by Gasteiger charge is 2.23. The van der Waals surface area contributed by atoms with Crippen molar-refractivity contribution in [3.8, 4) is 5.75 Å². The SMILES string of the molecule is CNC(COc1cccc2ncccc12)C1CCCCC1. The molecule has 21 heavy (non-hydrogen) atoms. The number of ether oxygens (including phenoxy) is 1. The van der Waals surface area contributed by atoms with E-state index in [1.54, 1.807) is 0 Å². The van der Waals surface area contributed by atoms with E-state index in [-0.39, 0.29) is 0 Å². The Morgan fingerprint density at radius 1 is 1.19 bits per heavy atom. The van der Waals surface area contributed by atoms with E-state index in [0.29, 0.717) is 6.04 Å². The van der Waals surface area contributed by atoms with E-state index in [0.717, 1.165) is 29.2 Å². The van der Waals surface area contributed by atoms with Crippen molar-refractivity contribution in [3.05, 3.63) is 36.5 Å². The summed E-state index contributed by atoms with van der Waals surface area (Å²) in [5.74, 6) is 1.69. The number of rotatable bonds is 5. The molecule has 2 aromatic rings. The monoisotopic (exact) mass is 284 g/mol. The molecule has 1 saturated carbocycles. The van der Waals surface area contributed by atoms with Crippen LogP contribution in [-0.4, -0.2) is 24.7 Å². The summed E-state index contributed by atoms with van der Waals surface area (Å²) in [6, 6.07) is 10.6. The zero-order chi connectivity index (χ0) is 14.5. The summed E-state index contributed by atoms with van der Waals surface area (Å²) in [4.78, 5) is 4.38. The van der Waals surface area contributed by atoms with E-state index in [1.165, 1.54) is 32.1 Å². The fraction of sp³-hybridized carbons (Fsp3) is 0.500. The van der Waals surface area contributed by atoms with Crippen LogP contribution in [0, 0.1) is 5.92 Å². The lowest BCUT2D eigenvalue weighted by atomic mass is 9.84. The van der Waals surface area contributed by atoms with Gasteiger partial charge in [0.15, 0.2) is 0 Å². The molecule has 1 atom stereocenters. The second-order valence-electron chi connectivity index (χ2n) is 5.93. The fourth-order valence-corrected chi connectivity index (χ4v) is 3.37. The predicted molar refractivity (Wildman–Crippen MR) is 86.7 cm³/mol. The first-order valence-corrected chi connectivity index (χ1v) is 8.02. The molecule has 1 N–H and O–H groups in total. The third-order valence-corrected chi connectivity index (χ3v) is 4.61. The first-order chi connectivity index (χ1) is 10.4. The number of benzene rings is 1. The van der Waals surface area contributed by atoms with E-state index in [1.807, 2.05) is 37.5 Å². The minimum absolute atomic E-state index is 0.442. The van der Waals surface area contributed by atoms with Gasteiger partial charge in [0.25, 0.3) is 0 Å². The molecule has 0 radical (unpaired) electrons. The second-order valence-corrected chi connectivity index (χ2v) is 5.93. The Balaban J connectivity index is 1.70. The molecule has 1 aliphatic rings. The molecule has 1 aromatic carbocycles. The van der Waals surface area contributed by atoms with Crippen LogP contribution >= 0.6 is 0 Å². The Labute approximate surface area is 126 Å². The maximum atomic E-state index is 6.12. The van der Waals surface area contributed by atoms with E-state index >= 15 is 0 Å². The molecule has 0 spiro atoms. The Kier molecular flexibility index (Phi) is 4.71. The van der Waals surface area contributed by atoms with Crippen molar-refractivity contribution in [3.63, 3.8) is 0 Å². The highest BCUT2D eigenvalue weighted by molar-refractivity contribution is 5.84. The number of nitrogens with one attached hydrogen (secondary N) is 1. The van der Waals surface area contributed by atoms with Gasteiger partial charge in [-0.05, 0) is 50.1 Å². The lowest BCUT2D eigenvalue weighted by molar-refractivity contribution is 0.194. The summed E-state index contributed by atoms with van der Waals surface area (Å²) < 4.78 is 6.12. The topological polar surface area (TPSA) is 34.1 Å². The van der Waals surface area contributed by atoms with E-state index in [9.17, 15) is 0 Å². The van der Waals surface area contributed by atoms with Crippen LogP contribution < -0.4 is 10.1 Å². The van der Waals surface area contributed by atoms with Gasteiger partial charge in [-0.2, -0.15) is 0 Å². The lowest BCUT2D eigenvalue weighted by Gasteiger charge is -2.30. The van der Waals surface area contributed by atoms with Crippen LogP contribution in [0.4, 0.5) is 0 Å². The first-order valence-electron chi connectivity index (χ1n) is 8.02. The van der Waals surface area contributed by atoms with E-state index in [2.05, 4.69) is 16.4 Å². The molecule has 0 amide bonds. The van der Waals surface area contributed by atoms with Crippen molar-refractivity contribution in [2.75, 3.05) is 13.7 Å². The van der Waals surface area contributed by atoms with E-state index < -0.39 is 0 Å². The zero-order valence-corrected chi connectivity index (χ0v) is 12.7. The molecule has 3 heteroatoms. The summed E-state index contributed by atoms with van der Waals surface area (Å²) in [7, 11) is 2.05. The summed E-state index contributed by atoms with van der Waals surface area (Å²) in [5, 5.41) is 4.55.